The average molecular weight is 181 g/mol. The van der Waals surface area contributed by atoms with Crippen molar-refractivity contribution in [1.82, 2.24) is 5.32 Å². The lowest BCUT2D eigenvalue weighted by atomic mass is 9.95. The standard InChI is InChI=1S/C11H19NO/c1-7-4-8(7)6-12-10-5-9-2-3-11(10)13-9/h7-12H,2-6H2,1H3. The fourth-order valence-corrected chi connectivity index (χ4v) is 2.84. The molecular weight excluding hydrogens is 162 g/mol. The van der Waals surface area contributed by atoms with Gasteiger partial charge in [0, 0.05) is 6.04 Å². The van der Waals surface area contributed by atoms with Gasteiger partial charge in [0.1, 0.15) is 0 Å². The Bertz CT molecular complexity index is 206. The third-order valence-electron chi connectivity index (χ3n) is 4.02. The number of hydrogen-bond donors (Lipinski definition) is 1. The van der Waals surface area contributed by atoms with Gasteiger partial charge in [0.2, 0.25) is 0 Å². The minimum absolute atomic E-state index is 0.555. The van der Waals surface area contributed by atoms with Gasteiger partial charge in [-0.3, -0.25) is 0 Å². The molecule has 0 aromatic heterocycles. The summed E-state index contributed by atoms with van der Waals surface area (Å²) < 4.78 is 5.80. The van der Waals surface area contributed by atoms with Gasteiger partial charge in [-0.15, -0.1) is 0 Å². The quantitative estimate of drug-likeness (QED) is 0.713. The van der Waals surface area contributed by atoms with Crippen LogP contribution in [0.5, 0.6) is 0 Å². The SMILES string of the molecule is CC1CC1CNC1CC2CCC1O2. The first-order valence-corrected chi connectivity index (χ1v) is 5.72. The lowest BCUT2D eigenvalue weighted by Crippen LogP contribution is -2.38. The van der Waals surface area contributed by atoms with Crippen molar-refractivity contribution in [3.8, 4) is 0 Å². The Kier molecular flexibility index (Phi) is 1.88. The molecule has 0 amide bonds. The van der Waals surface area contributed by atoms with Crippen molar-refractivity contribution in [2.75, 3.05) is 6.54 Å². The summed E-state index contributed by atoms with van der Waals surface area (Å²) in [6.45, 7) is 3.59. The highest BCUT2D eigenvalue weighted by atomic mass is 16.5. The summed E-state index contributed by atoms with van der Waals surface area (Å²) in [5.41, 5.74) is 0. The Hall–Kier alpha value is -0.0800. The number of nitrogens with one attached hydrogen (secondary N) is 1. The fourth-order valence-electron chi connectivity index (χ4n) is 2.84. The van der Waals surface area contributed by atoms with Crippen molar-refractivity contribution in [3.63, 3.8) is 0 Å². The van der Waals surface area contributed by atoms with Gasteiger partial charge >= 0.3 is 0 Å². The molecule has 3 fully saturated rings. The van der Waals surface area contributed by atoms with E-state index >= 15 is 0 Å². The van der Waals surface area contributed by atoms with E-state index in [2.05, 4.69) is 12.2 Å². The van der Waals surface area contributed by atoms with Crippen LogP contribution in [0.3, 0.4) is 0 Å². The predicted octanol–water partition coefficient (Wildman–Crippen LogP) is 1.55. The molecule has 2 heterocycles. The summed E-state index contributed by atoms with van der Waals surface area (Å²) in [6, 6.07) is 0.687. The van der Waals surface area contributed by atoms with E-state index in [1.165, 1.54) is 32.2 Å². The lowest BCUT2D eigenvalue weighted by Gasteiger charge is -2.19. The first-order chi connectivity index (χ1) is 6.33. The summed E-state index contributed by atoms with van der Waals surface area (Å²) in [4.78, 5) is 0. The third kappa shape index (κ3) is 1.50. The Morgan fingerprint density at radius 1 is 1.31 bits per heavy atom. The fraction of sp³-hybridized carbons (Fsp3) is 1.00. The van der Waals surface area contributed by atoms with Gasteiger partial charge in [0.05, 0.1) is 12.2 Å². The molecule has 5 unspecified atom stereocenters. The second kappa shape index (κ2) is 2.96. The van der Waals surface area contributed by atoms with Crippen LogP contribution in [-0.2, 0) is 4.74 Å². The Balaban J connectivity index is 1.46. The second-order valence-electron chi connectivity index (χ2n) is 5.10. The average Bonchev–Trinajstić information content (AvgIpc) is 2.60. The van der Waals surface area contributed by atoms with Crippen LogP contribution in [0.1, 0.15) is 32.6 Å². The van der Waals surface area contributed by atoms with Crippen molar-refractivity contribution in [1.29, 1.82) is 0 Å². The van der Waals surface area contributed by atoms with Crippen LogP contribution in [0.2, 0.25) is 0 Å². The minimum Gasteiger partial charge on any atom is -0.373 e. The Labute approximate surface area is 80.0 Å². The Morgan fingerprint density at radius 3 is 2.69 bits per heavy atom. The van der Waals surface area contributed by atoms with Gasteiger partial charge in [0.25, 0.3) is 0 Å². The molecule has 1 saturated carbocycles. The zero-order valence-corrected chi connectivity index (χ0v) is 8.33. The Morgan fingerprint density at radius 2 is 2.15 bits per heavy atom. The molecular formula is C11H19NO. The molecule has 13 heavy (non-hydrogen) atoms. The number of hydrogen-bond acceptors (Lipinski definition) is 2. The summed E-state index contributed by atoms with van der Waals surface area (Å²) >= 11 is 0. The lowest BCUT2D eigenvalue weighted by molar-refractivity contribution is 0.0973. The molecule has 0 aromatic rings. The van der Waals surface area contributed by atoms with Crippen LogP contribution in [0.4, 0.5) is 0 Å². The topological polar surface area (TPSA) is 21.3 Å². The van der Waals surface area contributed by atoms with E-state index in [-0.39, 0.29) is 0 Å². The van der Waals surface area contributed by atoms with E-state index in [1.54, 1.807) is 0 Å². The van der Waals surface area contributed by atoms with Crippen molar-refractivity contribution in [2.45, 2.75) is 50.9 Å². The van der Waals surface area contributed by atoms with Crippen LogP contribution in [0.25, 0.3) is 0 Å². The van der Waals surface area contributed by atoms with Crippen LogP contribution in [0.15, 0.2) is 0 Å². The molecule has 1 aliphatic carbocycles. The highest BCUT2D eigenvalue weighted by Crippen LogP contribution is 2.38. The highest BCUT2D eigenvalue weighted by Gasteiger charge is 2.41. The largest absolute Gasteiger partial charge is 0.373 e. The van der Waals surface area contributed by atoms with Crippen LogP contribution < -0.4 is 5.32 Å². The number of ether oxygens (including phenoxy) is 1. The van der Waals surface area contributed by atoms with Gasteiger partial charge in [-0.05, 0) is 44.1 Å². The molecule has 0 radical (unpaired) electrons. The van der Waals surface area contributed by atoms with E-state index in [0.717, 1.165) is 11.8 Å². The molecule has 5 atom stereocenters. The van der Waals surface area contributed by atoms with Crippen molar-refractivity contribution >= 4 is 0 Å². The van der Waals surface area contributed by atoms with E-state index in [4.69, 9.17) is 4.74 Å². The van der Waals surface area contributed by atoms with Gasteiger partial charge < -0.3 is 10.1 Å². The van der Waals surface area contributed by atoms with Gasteiger partial charge in [0.15, 0.2) is 0 Å². The van der Waals surface area contributed by atoms with Gasteiger partial charge in [-0.25, -0.2) is 0 Å². The molecule has 1 N–H and O–H groups in total. The van der Waals surface area contributed by atoms with Crippen molar-refractivity contribution in [3.05, 3.63) is 0 Å². The van der Waals surface area contributed by atoms with Crippen LogP contribution in [0, 0.1) is 11.8 Å². The molecule has 2 bridgehead atoms. The zero-order valence-electron chi connectivity index (χ0n) is 8.33. The van der Waals surface area contributed by atoms with E-state index < -0.39 is 0 Å². The summed E-state index contributed by atoms with van der Waals surface area (Å²) in [5, 5.41) is 3.68. The molecule has 74 valence electrons. The summed E-state index contributed by atoms with van der Waals surface area (Å²) in [7, 11) is 0. The maximum absolute atomic E-state index is 5.80. The van der Waals surface area contributed by atoms with Crippen LogP contribution in [-0.4, -0.2) is 24.8 Å². The zero-order chi connectivity index (χ0) is 8.84. The van der Waals surface area contributed by atoms with Crippen LogP contribution >= 0.6 is 0 Å². The molecule has 2 aliphatic heterocycles. The normalized spacial score (nSPS) is 52.8. The first-order valence-electron chi connectivity index (χ1n) is 5.72. The highest BCUT2D eigenvalue weighted by molar-refractivity contribution is 4.95. The molecule has 2 heteroatoms. The van der Waals surface area contributed by atoms with Gasteiger partial charge in [-0.1, -0.05) is 6.92 Å². The summed E-state index contributed by atoms with van der Waals surface area (Å²) in [5.74, 6) is 1.95. The molecule has 2 saturated heterocycles. The minimum atomic E-state index is 0.555. The van der Waals surface area contributed by atoms with Gasteiger partial charge in [-0.2, -0.15) is 0 Å². The number of rotatable bonds is 3. The molecule has 3 aliphatic rings. The van der Waals surface area contributed by atoms with E-state index in [0.29, 0.717) is 18.2 Å². The maximum atomic E-state index is 5.80. The second-order valence-corrected chi connectivity index (χ2v) is 5.10. The molecule has 2 nitrogen and oxygen atoms in total. The summed E-state index contributed by atoms with van der Waals surface area (Å²) in [6.07, 6.45) is 6.46. The third-order valence-corrected chi connectivity index (χ3v) is 4.02. The predicted molar refractivity (Wildman–Crippen MR) is 51.6 cm³/mol. The number of fused-ring (bicyclic) bond motifs is 2. The van der Waals surface area contributed by atoms with Crippen molar-refractivity contribution in [2.24, 2.45) is 11.8 Å². The van der Waals surface area contributed by atoms with E-state index in [9.17, 15) is 0 Å². The maximum Gasteiger partial charge on any atom is 0.0733 e. The molecule has 0 aromatic carbocycles. The molecule has 0 spiro atoms. The monoisotopic (exact) mass is 181 g/mol. The molecule has 3 rings (SSSR count). The first kappa shape index (κ1) is 8.25. The van der Waals surface area contributed by atoms with E-state index in [1.807, 2.05) is 0 Å². The smallest absolute Gasteiger partial charge is 0.0733 e. The van der Waals surface area contributed by atoms with Crippen molar-refractivity contribution < 1.29 is 4.74 Å².